The second-order valence-corrected chi connectivity index (χ2v) is 6.53. The number of pyridine rings is 1. The number of hydrogen-bond acceptors (Lipinski definition) is 4. The lowest BCUT2D eigenvalue weighted by Gasteiger charge is -2.16. The Morgan fingerprint density at radius 1 is 1.21 bits per heavy atom. The molecule has 0 bridgehead atoms. The minimum Gasteiger partial charge on any atom is -0.268 e. The molecule has 1 saturated heterocycles. The van der Waals surface area contributed by atoms with E-state index >= 15 is 0 Å². The summed E-state index contributed by atoms with van der Waals surface area (Å²) in [6.07, 6.45) is 0.309. The van der Waals surface area contributed by atoms with Crippen molar-refractivity contribution in [2.75, 3.05) is 4.90 Å². The lowest BCUT2D eigenvalue weighted by molar-refractivity contribution is -0.137. The number of alkyl halides is 3. The number of nitrogens with zero attached hydrogens (tertiary/aromatic N) is 2. The van der Waals surface area contributed by atoms with Crippen LogP contribution >= 0.6 is 24.0 Å². The molecule has 122 valence electrons. The lowest BCUT2D eigenvalue weighted by atomic mass is 10.2. The first-order valence-electron chi connectivity index (χ1n) is 6.71. The Kier molecular flexibility index (Phi) is 4.42. The van der Waals surface area contributed by atoms with E-state index in [1.54, 1.807) is 30.6 Å². The van der Waals surface area contributed by atoms with Crippen LogP contribution in [0.4, 0.5) is 18.9 Å². The monoisotopic (exact) mass is 366 g/mol. The first kappa shape index (κ1) is 16.7. The summed E-state index contributed by atoms with van der Waals surface area (Å²) in [6, 6.07) is 8.03. The van der Waals surface area contributed by atoms with Crippen molar-refractivity contribution in [3.63, 3.8) is 0 Å². The molecule has 3 nitrogen and oxygen atoms in total. The summed E-state index contributed by atoms with van der Waals surface area (Å²) in [5, 5.41) is 0. The van der Waals surface area contributed by atoms with E-state index in [0.29, 0.717) is 10.5 Å². The first-order valence-corrected chi connectivity index (χ1v) is 7.94. The molecule has 0 radical (unpaired) electrons. The Balaban J connectivity index is 1.94. The fourth-order valence-electron chi connectivity index (χ4n) is 2.12. The molecule has 0 N–H and O–H groups in total. The number of benzene rings is 1. The normalized spacial score (nSPS) is 17.0. The van der Waals surface area contributed by atoms with Crippen LogP contribution in [0.1, 0.15) is 11.1 Å². The van der Waals surface area contributed by atoms with Crippen LogP contribution < -0.4 is 4.90 Å². The van der Waals surface area contributed by atoms with Crippen molar-refractivity contribution in [2.24, 2.45) is 0 Å². The van der Waals surface area contributed by atoms with E-state index in [1.807, 2.05) is 0 Å². The molecule has 8 heteroatoms. The van der Waals surface area contributed by atoms with E-state index in [0.717, 1.165) is 28.8 Å². The molecule has 2 heterocycles. The fourth-order valence-corrected chi connectivity index (χ4v) is 3.42. The third-order valence-corrected chi connectivity index (χ3v) is 4.51. The molecule has 0 unspecified atom stereocenters. The zero-order chi connectivity index (χ0) is 17.3. The zero-order valence-corrected chi connectivity index (χ0v) is 13.6. The number of amides is 1. The summed E-state index contributed by atoms with van der Waals surface area (Å²) in [5.74, 6) is -0.451. The van der Waals surface area contributed by atoms with Gasteiger partial charge in [-0.15, -0.1) is 0 Å². The Hall–Kier alpha value is -2.19. The Morgan fingerprint density at radius 2 is 2.00 bits per heavy atom. The predicted octanol–water partition coefficient (Wildman–Crippen LogP) is 4.51. The van der Waals surface area contributed by atoms with E-state index in [-0.39, 0.29) is 10.0 Å². The van der Waals surface area contributed by atoms with E-state index in [9.17, 15) is 18.0 Å². The molecule has 1 aromatic heterocycles. The summed E-state index contributed by atoms with van der Waals surface area (Å²) in [5.41, 5.74) is -0.0192. The number of rotatable bonds is 2. The largest absolute Gasteiger partial charge is 0.416 e. The summed E-state index contributed by atoms with van der Waals surface area (Å²) >= 11 is 6.20. The van der Waals surface area contributed by atoms with E-state index in [1.165, 1.54) is 12.1 Å². The van der Waals surface area contributed by atoms with Gasteiger partial charge in [0.05, 0.1) is 16.2 Å². The second kappa shape index (κ2) is 6.37. The minimum atomic E-state index is -4.48. The number of anilines is 1. The number of halogens is 3. The minimum absolute atomic E-state index is 0.0990. The van der Waals surface area contributed by atoms with E-state index in [4.69, 9.17) is 12.2 Å². The molecule has 3 rings (SSSR count). The maximum Gasteiger partial charge on any atom is 0.416 e. The lowest BCUT2D eigenvalue weighted by Crippen LogP contribution is -2.27. The van der Waals surface area contributed by atoms with Crippen molar-refractivity contribution < 1.29 is 18.0 Å². The van der Waals surface area contributed by atoms with Gasteiger partial charge < -0.3 is 0 Å². The van der Waals surface area contributed by atoms with Crippen LogP contribution in [0, 0.1) is 0 Å². The highest BCUT2D eigenvalue weighted by Gasteiger charge is 2.36. The van der Waals surface area contributed by atoms with Crippen LogP contribution in [-0.2, 0) is 11.0 Å². The van der Waals surface area contributed by atoms with Crippen LogP contribution in [0.25, 0.3) is 6.08 Å². The number of carbonyl (C=O) groups is 1. The highest BCUT2D eigenvalue weighted by Crippen LogP contribution is 2.38. The van der Waals surface area contributed by atoms with Crippen LogP contribution in [0.2, 0.25) is 0 Å². The Morgan fingerprint density at radius 3 is 2.67 bits per heavy atom. The smallest absolute Gasteiger partial charge is 0.268 e. The van der Waals surface area contributed by atoms with E-state index in [2.05, 4.69) is 4.98 Å². The van der Waals surface area contributed by atoms with Crippen LogP contribution in [0.15, 0.2) is 53.7 Å². The van der Waals surface area contributed by atoms with Gasteiger partial charge in [0.2, 0.25) is 0 Å². The second-order valence-electron chi connectivity index (χ2n) is 4.85. The predicted molar refractivity (Wildman–Crippen MR) is 91.3 cm³/mol. The van der Waals surface area contributed by atoms with Crippen molar-refractivity contribution in [1.29, 1.82) is 0 Å². The molecule has 0 spiro atoms. The van der Waals surface area contributed by atoms with Gasteiger partial charge in [-0.2, -0.15) is 13.2 Å². The average molecular weight is 366 g/mol. The molecular weight excluding hydrogens is 357 g/mol. The van der Waals surface area contributed by atoms with Gasteiger partial charge in [0, 0.05) is 12.4 Å². The van der Waals surface area contributed by atoms with Crippen LogP contribution in [0.3, 0.4) is 0 Å². The van der Waals surface area contributed by atoms with Crippen molar-refractivity contribution in [1.82, 2.24) is 4.98 Å². The van der Waals surface area contributed by atoms with Gasteiger partial charge in [-0.25, -0.2) is 0 Å². The van der Waals surface area contributed by atoms with Gasteiger partial charge in [-0.1, -0.05) is 36.1 Å². The van der Waals surface area contributed by atoms with Gasteiger partial charge in [-0.3, -0.25) is 14.7 Å². The summed E-state index contributed by atoms with van der Waals surface area (Å²) < 4.78 is 38.7. The van der Waals surface area contributed by atoms with Gasteiger partial charge in [-0.05, 0) is 35.9 Å². The number of carbonyl (C=O) groups excluding carboxylic acids is 1. The van der Waals surface area contributed by atoms with Gasteiger partial charge in [0.15, 0.2) is 4.32 Å². The van der Waals surface area contributed by atoms with Gasteiger partial charge in [0.1, 0.15) is 0 Å². The molecule has 0 atom stereocenters. The van der Waals surface area contributed by atoms with Crippen LogP contribution in [-0.4, -0.2) is 15.2 Å². The third-order valence-electron chi connectivity index (χ3n) is 3.21. The number of thioether (sulfide) groups is 1. The fraction of sp³-hybridized carbons (Fsp3) is 0.0625. The molecule has 1 aliphatic heterocycles. The third kappa shape index (κ3) is 3.34. The molecule has 1 fully saturated rings. The summed E-state index contributed by atoms with van der Waals surface area (Å²) in [7, 11) is 0. The SMILES string of the molecule is O=C1C(=Cc2cccnc2)SC(=S)N1c1cccc(C(F)(F)F)c1. The summed E-state index contributed by atoms with van der Waals surface area (Å²) in [6.45, 7) is 0. The highest BCUT2D eigenvalue weighted by atomic mass is 32.2. The van der Waals surface area contributed by atoms with Crippen molar-refractivity contribution in [3.05, 3.63) is 64.8 Å². The summed E-state index contributed by atoms with van der Waals surface area (Å²) in [4.78, 5) is 17.9. The molecule has 24 heavy (non-hydrogen) atoms. The standard InChI is InChI=1S/C16H9F3N2OS2/c17-16(18,19)11-4-1-5-12(8-11)21-14(22)13(24-15(21)23)7-10-3-2-6-20-9-10/h1-9H. The Labute approximate surface area is 145 Å². The molecule has 0 saturated carbocycles. The zero-order valence-electron chi connectivity index (χ0n) is 11.9. The topological polar surface area (TPSA) is 33.2 Å². The number of hydrogen-bond donors (Lipinski definition) is 0. The highest BCUT2D eigenvalue weighted by molar-refractivity contribution is 8.27. The maximum atomic E-state index is 12.9. The Bertz CT molecular complexity index is 835. The molecule has 1 aliphatic rings. The van der Waals surface area contributed by atoms with Crippen molar-refractivity contribution in [2.45, 2.75) is 6.18 Å². The number of thiocarbonyl (C=S) groups is 1. The molecular formula is C16H9F3N2OS2. The average Bonchev–Trinajstić information content (AvgIpc) is 2.82. The molecule has 1 amide bonds. The first-order chi connectivity index (χ1) is 11.4. The van der Waals surface area contributed by atoms with Gasteiger partial charge >= 0.3 is 6.18 Å². The quantitative estimate of drug-likeness (QED) is 0.579. The van der Waals surface area contributed by atoms with Gasteiger partial charge in [0.25, 0.3) is 5.91 Å². The van der Waals surface area contributed by atoms with Crippen LogP contribution in [0.5, 0.6) is 0 Å². The maximum absolute atomic E-state index is 12.9. The van der Waals surface area contributed by atoms with Crippen molar-refractivity contribution in [3.8, 4) is 0 Å². The number of aromatic nitrogens is 1. The molecule has 0 aliphatic carbocycles. The van der Waals surface area contributed by atoms with Crippen molar-refractivity contribution >= 4 is 46.0 Å². The molecule has 2 aromatic rings. The molecule has 1 aromatic carbocycles. The van der Waals surface area contributed by atoms with E-state index < -0.39 is 17.6 Å².